The Morgan fingerprint density at radius 1 is 0.667 bits per heavy atom. The van der Waals surface area contributed by atoms with E-state index >= 15 is 0 Å². The first-order valence-corrected chi connectivity index (χ1v) is 28.6. The van der Waals surface area contributed by atoms with Crippen molar-refractivity contribution in [2.24, 2.45) is 0 Å². The summed E-state index contributed by atoms with van der Waals surface area (Å²) in [5.41, 5.74) is 4.57. The van der Waals surface area contributed by atoms with E-state index in [1.54, 1.807) is 6.08 Å². The minimum absolute atomic E-state index is 0.0176. The van der Waals surface area contributed by atoms with Crippen LogP contribution in [0.2, 0.25) is 0 Å². The number of rotatable bonds is 41. The number of carbonyl (C=O) groups excluding carboxylic acids is 2. The van der Waals surface area contributed by atoms with Crippen molar-refractivity contribution in [1.82, 2.24) is 9.55 Å². The van der Waals surface area contributed by atoms with Crippen LogP contribution in [0.5, 0.6) is 0 Å². The Morgan fingerprint density at radius 3 is 1.68 bits per heavy atom. The summed E-state index contributed by atoms with van der Waals surface area (Å²) in [4.78, 5) is 61.9. The molecule has 7 N–H and O–H groups in total. The maximum Gasteiger partial charge on any atom is 0.481 e. The van der Waals surface area contributed by atoms with Gasteiger partial charge >= 0.3 is 33.3 Å². The molecule has 2 unspecified atom stereocenters. The monoisotopic (exact) mass is 1090 g/mol. The first-order chi connectivity index (χ1) is 36.2. The van der Waals surface area contributed by atoms with E-state index in [0.717, 1.165) is 87.8 Å². The molecule has 1 saturated heterocycles. The van der Waals surface area contributed by atoms with E-state index in [0.29, 0.717) is 25.7 Å². The first kappa shape index (κ1) is 66.2. The zero-order valence-electron chi connectivity index (χ0n) is 43.2. The average Bonchev–Trinajstić information content (AvgIpc) is 3.65. The minimum atomic E-state index is -5.47. The maximum atomic E-state index is 12.9. The van der Waals surface area contributed by atoms with Gasteiger partial charge in [0.25, 0.3) is 0 Å². The molecule has 1 aromatic rings. The summed E-state index contributed by atoms with van der Waals surface area (Å²) in [6.45, 7) is -0.101. The highest BCUT2D eigenvalue weighted by Gasteiger charge is 2.46. The molecule has 7 atom stereocenters. The molecular formula is C54H81N3O16P2. The number of aliphatic hydroxyl groups excluding tert-OH is 3. The lowest BCUT2D eigenvalue weighted by Gasteiger charge is -2.21. The van der Waals surface area contributed by atoms with E-state index in [4.69, 9.17) is 34.1 Å². The molecule has 19 nitrogen and oxygen atoms in total. The SMILES string of the molecule is CC/C=C\C/C=C\C/C=C\C/C=C\C/C=C\C/C=C\CCC(=O)O[C@H](COC(=O)CCC/C=C\C/C=C\C/C=C\C/C=C\CCCCCO)COP(=O)(O)OP(=O)(O)OC[C@H]1O[C@@H](n2ccc(N)nc2=O)[C@H](O)[C@@H]1O. The summed E-state index contributed by atoms with van der Waals surface area (Å²) >= 11 is 0. The Hall–Kier alpha value is -4.88. The van der Waals surface area contributed by atoms with Crippen molar-refractivity contribution in [2.45, 2.75) is 153 Å². The van der Waals surface area contributed by atoms with E-state index < -0.39 is 83.7 Å². The number of phosphoric ester groups is 2. The Balaban J connectivity index is 1.86. The third kappa shape index (κ3) is 33.7. The van der Waals surface area contributed by atoms with Crippen LogP contribution >= 0.6 is 15.6 Å². The normalized spacial score (nSPS) is 19.8. The largest absolute Gasteiger partial charge is 0.481 e. The van der Waals surface area contributed by atoms with Gasteiger partial charge in [-0.05, 0) is 102 Å². The summed E-state index contributed by atoms with van der Waals surface area (Å²) in [5, 5.41) is 29.7. The summed E-state index contributed by atoms with van der Waals surface area (Å²) in [6, 6.07) is 1.24. The van der Waals surface area contributed by atoms with Crippen molar-refractivity contribution in [3.05, 3.63) is 144 Å². The summed E-state index contributed by atoms with van der Waals surface area (Å²) in [7, 11) is -10.9. The molecule has 418 valence electrons. The molecule has 0 aliphatic carbocycles. The number of nitrogen functional groups attached to an aromatic ring is 1. The fourth-order valence-electron chi connectivity index (χ4n) is 6.66. The number of nitrogens with zero attached hydrogens (tertiary/aromatic N) is 2. The van der Waals surface area contributed by atoms with Crippen LogP contribution in [0.15, 0.2) is 139 Å². The second kappa shape index (κ2) is 41.3. The Kier molecular flexibility index (Phi) is 36.5. The van der Waals surface area contributed by atoms with Crippen LogP contribution in [-0.4, -0.2) is 97.4 Å². The maximum absolute atomic E-state index is 12.9. The van der Waals surface area contributed by atoms with Crippen molar-refractivity contribution >= 4 is 33.4 Å². The van der Waals surface area contributed by atoms with E-state index in [1.165, 1.54) is 6.07 Å². The number of carbonyl (C=O) groups is 2. The fourth-order valence-corrected chi connectivity index (χ4v) is 8.77. The Bertz CT molecular complexity index is 2230. The van der Waals surface area contributed by atoms with Crippen LogP contribution in [0.4, 0.5) is 5.82 Å². The van der Waals surface area contributed by atoms with Gasteiger partial charge in [0.15, 0.2) is 12.3 Å². The average molecular weight is 1090 g/mol. The smallest absolute Gasteiger partial charge is 0.462 e. The number of hydrogen-bond donors (Lipinski definition) is 6. The molecule has 2 rings (SSSR count). The van der Waals surface area contributed by atoms with Crippen LogP contribution < -0.4 is 11.4 Å². The zero-order chi connectivity index (χ0) is 54.8. The summed E-state index contributed by atoms with van der Waals surface area (Å²) in [5.74, 6) is -1.50. The molecule has 1 fully saturated rings. The third-order valence-electron chi connectivity index (χ3n) is 10.6. The molecule has 1 aliphatic rings. The Morgan fingerprint density at radius 2 is 1.16 bits per heavy atom. The number of allylic oxidation sites excluding steroid dienone is 20. The standard InChI is InChI=1S/C54H81N3O16P2/c1-2-3-4-5-6-7-8-9-10-11-12-14-18-21-24-27-30-33-36-39-50(60)71-46(43-68-49(59)38-35-32-29-26-23-20-17-15-13-16-19-22-25-28-31-34-37-42-58)44-69-74(64,65)73-75(66,67)70-45-47-51(61)52(62)53(72-47)57-41-40-48(55)56-54(57)63/h3-4,6-7,9-10,12-14,16-17,20-22,24-26,29-30,33,40-41,46-47,51-53,58,61-62H,2,5,8,11,15,18-19,23,27-28,31-32,34-39,42-45H2,1H3,(H,64,65)(H,66,67)(H2,55,56,63)/b4-3-,7-6-,10-9-,14-12-,16-13-,20-17-,24-21-,25-22-,29-26-,33-30-/t46-,47-,51-,52-,53-/m1/s1. The molecule has 2 heterocycles. The molecule has 1 aliphatic heterocycles. The quantitative estimate of drug-likeness (QED) is 0.0154. The number of ether oxygens (including phenoxy) is 3. The predicted octanol–water partition coefficient (Wildman–Crippen LogP) is 9.75. The fraction of sp³-hybridized carbons (Fsp3) is 0.519. The van der Waals surface area contributed by atoms with Gasteiger partial charge in [-0.25, -0.2) is 13.9 Å². The Labute approximate surface area is 442 Å². The molecule has 0 radical (unpaired) electrons. The highest BCUT2D eigenvalue weighted by Crippen LogP contribution is 2.60. The number of hydrogen-bond acceptors (Lipinski definition) is 16. The van der Waals surface area contributed by atoms with Gasteiger partial charge in [-0.3, -0.25) is 23.2 Å². The van der Waals surface area contributed by atoms with Gasteiger partial charge in [0.2, 0.25) is 0 Å². The van der Waals surface area contributed by atoms with Crippen LogP contribution in [0.1, 0.15) is 129 Å². The van der Waals surface area contributed by atoms with Crippen molar-refractivity contribution in [3.63, 3.8) is 0 Å². The van der Waals surface area contributed by atoms with Crippen LogP contribution in [0.3, 0.4) is 0 Å². The number of nitrogens with two attached hydrogens (primary N) is 1. The van der Waals surface area contributed by atoms with Crippen molar-refractivity contribution < 1.29 is 71.4 Å². The van der Waals surface area contributed by atoms with Gasteiger partial charge in [-0.2, -0.15) is 9.29 Å². The highest BCUT2D eigenvalue weighted by molar-refractivity contribution is 7.61. The molecule has 0 amide bonds. The van der Waals surface area contributed by atoms with Crippen molar-refractivity contribution in [2.75, 3.05) is 32.2 Å². The molecular weight excluding hydrogens is 1010 g/mol. The lowest BCUT2D eigenvalue weighted by Crippen LogP contribution is -2.36. The highest BCUT2D eigenvalue weighted by atomic mass is 31.3. The van der Waals surface area contributed by atoms with Gasteiger partial charge in [0, 0.05) is 25.6 Å². The predicted molar refractivity (Wildman–Crippen MR) is 290 cm³/mol. The van der Waals surface area contributed by atoms with Gasteiger partial charge in [0.05, 0.1) is 13.2 Å². The minimum Gasteiger partial charge on any atom is -0.462 e. The van der Waals surface area contributed by atoms with Crippen molar-refractivity contribution in [3.8, 4) is 0 Å². The number of aromatic nitrogens is 2. The van der Waals surface area contributed by atoms with Gasteiger partial charge in [-0.1, -0.05) is 135 Å². The molecule has 0 bridgehead atoms. The van der Waals surface area contributed by atoms with Crippen molar-refractivity contribution in [1.29, 1.82) is 0 Å². The van der Waals surface area contributed by atoms with E-state index in [9.17, 15) is 43.5 Å². The van der Waals surface area contributed by atoms with Gasteiger partial charge in [-0.15, -0.1) is 0 Å². The van der Waals surface area contributed by atoms with Crippen LogP contribution in [0.25, 0.3) is 0 Å². The lowest BCUT2D eigenvalue weighted by atomic mass is 10.1. The number of anilines is 1. The number of phosphoric acid groups is 2. The molecule has 0 spiro atoms. The third-order valence-corrected chi connectivity index (χ3v) is 13.2. The lowest BCUT2D eigenvalue weighted by molar-refractivity contribution is -0.161. The second-order valence-corrected chi connectivity index (χ2v) is 20.0. The number of aliphatic hydroxyl groups is 3. The molecule has 0 aromatic carbocycles. The molecule has 0 saturated carbocycles. The van der Waals surface area contributed by atoms with E-state index in [1.807, 2.05) is 36.5 Å². The summed E-state index contributed by atoms with van der Waals surface area (Å²) in [6.07, 6.45) is 47.4. The zero-order valence-corrected chi connectivity index (χ0v) is 45.0. The van der Waals surface area contributed by atoms with E-state index in [-0.39, 0.29) is 25.3 Å². The van der Waals surface area contributed by atoms with Gasteiger partial charge in [0.1, 0.15) is 30.7 Å². The van der Waals surface area contributed by atoms with E-state index in [2.05, 4.69) is 95.2 Å². The topological polar surface area (TPSA) is 286 Å². The number of unbranched alkanes of at least 4 members (excludes halogenated alkanes) is 4. The van der Waals surface area contributed by atoms with Crippen LogP contribution in [0, 0.1) is 0 Å². The second-order valence-electron chi connectivity index (χ2n) is 17.0. The number of esters is 2. The molecule has 75 heavy (non-hydrogen) atoms. The summed E-state index contributed by atoms with van der Waals surface area (Å²) < 4.78 is 56.6. The van der Waals surface area contributed by atoms with Gasteiger partial charge < -0.3 is 45.1 Å². The molecule has 1 aromatic heterocycles. The first-order valence-electron chi connectivity index (χ1n) is 25.7. The van der Waals surface area contributed by atoms with Crippen LogP contribution in [-0.2, 0) is 46.3 Å². The molecule has 21 heteroatoms.